The van der Waals surface area contributed by atoms with Gasteiger partial charge in [0.25, 0.3) is 0 Å². The Hall–Kier alpha value is -2.06. The SMILES string of the molecule is O=C(C=Cc1ccccc1)c1ccc(OCCCCCl)cc1. The molecule has 0 saturated carbocycles. The van der Waals surface area contributed by atoms with E-state index >= 15 is 0 Å². The first kappa shape index (κ1) is 16.3. The molecule has 0 amide bonds. The molecule has 0 radical (unpaired) electrons. The van der Waals surface area contributed by atoms with Crippen LogP contribution in [0.3, 0.4) is 0 Å². The number of carbonyl (C=O) groups excluding carboxylic acids is 1. The van der Waals surface area contributed by atoms with Crippen molar-refractivity contribution >= 4 is 23.5 Å². The molecule has 0 N–H and O–H groups in total. The van der Waals surface area contributed by atoms with Crippen LogP contribution in [-0.4, -0.2) is 18.3 Å². The Kier molecular flexibility index (Phi) is 6.72. The van der Waals surface area contributed by atoms with E-state index in [2.05, 4.69) is 0 Å². The molecule has 0 spiro atoms. The van der Waals surface area contributed by atoms with Gasteiger partial charge in [-0.25, -0.2) is 0 Å². The second-order valence-corrected chi connectivity index (χ2v) is 5.26. The fourth-order valence-corrected chi connectivity index (χ4v) is 2.12. The average Bonchev–Trinajstić information content (AvgIpc) is 2.58. The van der Waals surface area contributed by atoms with Gasteiger partial charge in [0.1, 0.15) is 5.75 Å². The first-order chi connectivity index (χ1) is 10.8. The summed E-state index contributed by atoms with van der Waals surface area (Å²) < 4.78 is 5.58. The van der Waals surface area contributed by atoms with E-state index in [-0.39, 0.29) is 5.78 Å². The smallest absolute Gasteiger partial charge is 0.185 e. The van der Waals surface area contributed by atoms with Crippen LogP contribution < -0.4 is 4.74 Å². The molecule has 22 heavy (non-hydrogen) atoms. The Balaban J connectivity index is 1.89. The number of benzene rings is 2. The number of allylic oxidation sites excluding steroid dienone is 1. The molecular formula is C19H19ClO2. The van der Waals surface area contributed by atoms with Crippen molar-refractivity contribution in [3.8, 4) is 5.75 Å². The highest BCUT2D eigenvalue weighted by molar-refractivity contribution is 6.17. The monoisotopic (exact) mass is 314 g/mol. The van der Waals surface area contributed by atoms with Gasteiger partial charge in [0.2, 0.25) is 0 Å². The van der Waals surface area contributed by atoms with E-state index in [1.54, 1.807) is 18.2 Å². The van der Waals surface area contributed by atoms with Crippen LogP contribution in [0.25, 0.3) is 6.08 Å². The molecule has 3 heteroatoms. The highest BCUT2D eigenvalue weighted by atomic mass is 35.5. The van der Waals surface area contributed by atoms with E-state index in [1.807, 2.05) is 48.5 Å². The summed E-state index contributed by atoms with van der Waals surface area (Å²) in [4.78, 5) is 12.1. The van der Waals surface area contributed by atoms with Crippen molar-refractivity contribution in [2.24, 2.45) is 0 Å². The summed E-state index contributed by atoms with van der Waals surface area (Å²) in [5.74, 6) is 1.42. The van der Waals surface area contributed by atoms with Crippen LogP contribution in [0, 0.1) is 0 Å². The molecular weight excluding hydrogens is 296 g/mol. The summed E-state index contributed by atoms with van der Waals surface area (Å²) in [5, 5.41) is 0. The maximum absolute atomic E-state index is 12.1. The molecule has 0 aromatic heterocycles. The summed E-state index contributed by atoms with van der Waals surface area (Å²) in [6.45, 7) is 0.647. The lowest BCUT2D eigenvalue weighted by Crippen LogP contribution is -1.99. The van der Waals surface area contributed by atoms with Gasteiger partial charge in [-0.2, -0.15) is 0 Å². The van der Waals surface area contributed by atoms with Gasteiger partial charge in [0.05, 0.1) is 6.61 Å². The van der Waals surface area contributed by atoms with Crippen molar-refractivity contribution in [3.05, 3.63) is 71.8 Å². The van der Waals surface area contributed by atoms with Gasteiger partial charge >= 0.3 is 0 Å². The topological polar surface area (TPSA) is 26.3 Å². The third-order valence-electron chi connectivity index (χ3n) is 3.16. The summed E-state index contributed by atoms with van der Waals surface area (Å²) in [7, 11) is 0. The molecule has 0 heterocycles. The molecule has 0 saturated heterocycles. The number of carbonyl (C=O) groups is 1. The van der Waals surface area contributed by atoms with Crippen LogP contribution in [0.5, 0.6) is 5.75 Å². The standard InChI is InChI=1S/C19H19ClO2/c20-14-4-5-15-22-18-11-9-17(10-12-18)19(21)13-8-16-6-2-1-3-7-16/h1-3,6-13H,4-5,14-15H2. The normalized spacial score (nSPS) is 10.8. The molecule has 0 fully saturated rings. The number of alkyl halides is 1. The van der Waals surface area contributed by atoms with Crippen molar-refractivity contribution in [2.45, 2.75) is 12.8 Å². The van der Waals surface area contributed by atoms with Gasteiger partial charge in [0.15, 0.2) is 5.78 Å². The fourth-order valence-electron chi connectivity index (χ4n) is 1.93. The molecule has 0 bridgehead atoms. The van der Waals surface area contributed by atoms with Gasteiger partial charge in [-0.1, -0.05) is 36.4 Å². The van der Waals surface area contributed by atoms with E-state index in [0.717, 1.165) is 24.2 Å². The van der Waals surface area contributed by atoms with Gasteiger partial charge in [-0.05, 0) is 48.7 Å². The lowest BCUT2D eigenvalue weighted by molar-refractivity contribution is 0.104. The molecule has 114 valence electrons. The predicted molar refractivity (Wildman–Crippen MR) is 91.7 cm³/mol. The maximum Gasteiger partial charge on any atom is 0.185 e. The Bertz CT molecular complexity index is 603. The zero-order valence-corrected chi connectivity index (χ0v) is 13.1. The highest BCUT2D eigenvalue weighted by Crippen LogP contribution is 2.14. The predicted octanol–water partition coefficient (Wildman–Crippen LogP) is 4.98. The molecule has 0 unspecified atom stereocenters. The minimum absolute atomic E-state index is 0.0162. The van der Waals surface area contributed by atoms with Gasteiger partial charge in [-0.3, -0.25) is 4.79 Å². The Morgan fingerprint density at radius 2 is 1.73 bits per heavy atom. The molecule has 0 atom stereocenters. The van der Waals surface area contributed by atoms with Crippen molar-refractivity contribution in [1.29, 1.82) is 0 Å². The molecule has 2 aromatic carbocycles. The van der Waals surface area contributed by atoms with Crippen LogP contribution >= 0.6 is 11.6 Å². The molecule has 0 aliphatic rings. The van der Waals surface area contributed by atoms with Crippen LogP contribution in [0.4, 0.5) is 0 Å². The number of halogens is 1. The Morgan fingerprint density at radius 1 is 1.00 bits per heavy atom. The first-order valence-corrected chi connectivity index (χ1v) is 7.89. The third-order valence-corrected chi connectivity index (χ3v) is 3.43. The molecule has 2 nitrogen and oxygen atoms in total. The van der Waals surface area contributed by atoms with Gasteiger partial charge in [-0.15, -0.1) is 11.6 Å². The van der Waals surface area contributed by atoms with Crippen molar-refractivity contribution in [1.82, 2.24) is 0 Å². The summed E-state index contributed by atoms with van der Waals surface area (Å²) in [6.07, 6.45) is 5.29. The second kappa shape index (κ2) is 9.06. The van der Waals surface area contributed by atoms with Crippen molar-refractivity contribution in [2.75, 3.05) is 12.5 Å². The summed E-state index contributed by atoms with van der Waals surface area (Å²) >= 11 is 5.61. The number of ether oxygens (including phenoxy) is 1. The van der Waals surface area contributed by atoms with E-state index in [9.17, 15) is 4.79 Å². The molecule has 2 aromatic rings. The van der Waals surface area contributed by atoms with E-state index < -0.39 is 0 Å². The summed E-state index contributed by atoms with van der Waals surface area (Å²) in [5.41, 5.74) is 1.66. The zero-order chi connectivity index (χ0) is 15.6. The van der Waals surface area contributed by atoms with Crippen LogP contribution in [0.1, 0.15) is 28.8 Å². The average molecular weight is 315 g/mol. The maximum atomic E-state index is 12.1. The minimum atomic E-state index is -0.0162. The number of hydrogen-bond acceptors (Lipinski definition) is 2. The number of hydrogen-bond donors (Lipinski definition) is 0. The Labute approximate surface area is 136 Å². The Morgan fingerprint density at radius 3 is 2.41 bits per heavy atom. The lowest BCUT2D eigenvalue weighted by atomic mass is 10.1. The van der Waals surface area contributed by atoms with Crippen LogP contribution in [-0.2, 0) is 0 Å². The molecule has 0 aliphatic heterocycles. The molecule has 2 rings (SSSR count). The number of ketones is 1. The first-order valence-electron chi connectivity index (χ1n) is 7.36. The minimum Gasteiger partial charge on any atom is -0.494 e. The lowest BCUT2D eigenvalue weighted by Gasteiger charge is -2.05. The quantitative estimate of drug-likeness (QED) is 0.297. The van der Waals surface area contributed by atoms with E-state index in [0.29, 0.717) is 18.1 Å². The number of unbranched alkanes of at least 4 members (excludes halogenated alkanes) is 1. The fraction of sp³-hybridized carbons (Fsp3) is 0.211. The van der Waals surface area contributed by atoms with Gasteiger partial charge < -0.3 is 4.74 Å². The van der Waals surface area contributed by atoms with Crippen molar-refractivity contribution < 1.29 is 9.53 Å². The number of rotatable bonds is 8. The van der Waals surface area contributed by atoms with Crippen LogP contribution in [0.2, 0.25) is 0 Å². The third kappa shape index (κ3) is 5.38. The van der Waals surface area contributed by atoms with Gasteiger partial charge in [0, 0.05) is 11.4 Å². The second-order valence-electron chi connectivity index (χ2n) is 4.88. The largest absolute Gasteiger partial charge is 0.494 e. The zero-order valence-electron chi connectivity index (χ0n) is 12.4. The highest BCUT2D eigenvalue weighted by Gasteiger charge is 2.02. The summed E-state index contributed by atoms with van der Waals surface area (Å²) in [6, 6.07) is 17.0. The van der Waals surface area contributed by atoms with E-state index in [1.165, 1.54) is 0 Å². The van der Waals surface area contributed by atoms with E-state index in [4.69, 9.17) is 16.3 Å². The van der Waals surface area contributed by atoms with Crippen molar-refractivity contribution in [3.63, 3.8) is 0 Å². The van der Waals surface area contributed by atoms with Crippen LogP contribution in [0.15, 0.2) is 60.7 Å². The molecule has 0 aliphatic carbocycles.